The zero-order chi connectivity index (χ0) is 31.8. The van der Waals surface area contributed by atoms with Crippen LogP contribution in [0.5, 0.6) is 11.5 Å². The molecule has 2 atom stereocenters. The third-order valence-electron chi connectivity index (χ3n) is 6.70. The van der Waals surface area contributed by atoms with Crippen LogP contribution >= 0.6 is 16.3 Å². The molecular weight excluding hydrogens is 652 g/mol. The summed E-state index contributed by atoms with van der Waals surface area (Å²) in [4.78, 5) is 62.6. The summed E-state index contributed by atoms with van der Waals surface area (Å²) in [5.74, 6) is -4.03. The van der Waals surface area contributed by atoms with Gasteiger partial charge >= 0.3 is 249 Å². The third-order valence-corrected chi connectivity index (χ3v) is 8.61. The fraction of sp³-hybridized carbons (Fsp3) is 0.263. The van der Waals surface area contributed by atoms with Gasteiger partial charge in [-0.1, -0.05) is 0 Å². The normalized spacial score (nSPS) is 26.6. The molecule has 0 aromatic carbocycles. The number of hydrogen-bond donors (Lipinski definition) is 12. The number of aromatic nitrogens is 5. The Kier molecular flexibility index (Phi) is 6.59. The second-order valence-corrected chi connectivity index (χ2v) is 12.8. The van der Waals surface area contributed by atoms with Gasteiger partial charge in [-0.3, -0.25) is 0 Å². The molecule has 0 amide bonds. The van der Waals surface area contributed by atoms with Crippen molar-refractivity contribution in [2.45, 2.75) is 18.9 Å². The number of H-pyrrole nitrogens is 1. The Bertz CT molecular complexity index is 1870. The number of nitrogens with two attached hydrogens (primary N) is 2. The number of furan rings is 1. The van der Waals surface area contributed by atoms with Gasteiger partial charge in [0, 0.05) is 0 Å². The van der Waals surface area contributed by atoms with Gasteiger partial charge in [0.15, 0.2) is 0 Å². The summed E-state index contributed by atoms with van der Waals surface area (Å²) in [6.07, 6.45) is -2.06. The van der Waals surface area contributed by atoms with E-state index in [1.54, 1.807) is 0 Å². The molecule has 24 nitrogen and oxygen atoms in total. The molecule has 1 saturated heterocycles. The zero-order valence-corrected chi connectivity index (χ0v) is 24.3. The number of aromatic hydroxyl groups is 1. The summed E-state index contributed by atoms with van der Waals surface area (Å²) < 4.78 is 32.7. The molecular formula is C19H25N11O13P2. The molecule has 0 spiro atoms. The van der Waals surface area contributed by atoms with Gasteiger partial charge in [-0.2, -0.15) is 0 Å². The minimum absolute atomic E-state index is 0.0664. The van der Waals surface area contributed by atoms with Crippen LogP contribution in [0.4, 0.5) is 11.8 Å². The summed E-state index contributed by atoms with van der Waals surface area (Å²) in [6.45, 7) is -0.559. The molecule has 0 radical (unpaired) electrons. The Morgan fingerprint density at radius 1 is 1.11 bits per heavy atom. The fourth-order valence-corrected chi connectivity index (χ4v) is 6.39. The summed E-state index contributed by atoms with van der Waals surface area (Å²) >= 11 is 0. The Balaban J connectivity index is 1.28. The standard InChI is InChI=1S/C19H25N11O13P2/c20-13-7-14(23-3-22-13)29(4-24-7)17-10(32)11-6(41-17)2-39-45(36,37)43-12-9(31)5(1-38-44(34,35)42-11)40-18(12)30-15-8(27-28-30)16(33)26-19(21)25-15/h1,9,14,22-24,31-32,34-37,44-45H,2-4,20H2,(H3,21,25,26,33)/b5-1+/t9-,14?/m1/s1. The van der Waals surface area contributed by atoms with Crippen molar-refractivity contribution in [1.82, 2.24) is 40.9 Å². The van der Waals surface area contributed by atoms with Crippen molar-refractivity contribution >= 4 is 45.2 Å². The van der Waals surface area contributed by atoms with E-state index in [4.69, 9.17) is 38.7 Å². The molecule has 244 valence electrons. The van der Waals surface area contributed by atoms with Crippen LogP contribution < -0.4 is 42.4 Å². The molecule has 2 bridgehead atoms. The van der Waals surface area contributed by atoms with Gasteiger partial charge in [0.1, 0.15) is 0 Å². The molecule has 1 fully saturated rings. The molecule has 0 aliphatic carbocycles. The Morgan fingerprint density at radius 2 is 1.91 bits per heavy atom. The van der Waals surface area contributed by atoms with E-state index in [-0.39, 0.29) is 36.3 Å². The van der Waals surface area contributed by atoms with Crippen molar-refractivity contribution in [3.8, 4) is 11.5 Å². The van der Waals surface area contributed by atoms with Gasteiger partial charge in [-0.15, -0.1) is 0 Å². The molecule has 1 unspecified atom stereocenters. The SMILES string of the molecule is NC1=C2NCN(c3oc4c(c3O)O[PH](O)(O)O/C=C3/OC(n5nnc6c(=O)[nH]c(N)nc65)=C(O[PH](O)(O)OC4)[C@@H]3O)C2NCN1. The van der Waals surface area contributed by atoms with Gasteiger partial charge in [0.25, 0.3) is 0 Å². The predicted molar refractivity (Wildman–Crippen MR) is 149 cm³/mol. The summed E-state index contributed by atoms with van der Waals surface area (Å²) in [5.41, 5.74) is 10.8. The molecule has 3 aromatic heterocycles. The number of aliphatic hydroxyl groups excluding tert-OH is 1. The van der Waals surface area contributed by atoms with E-state index >= 15 is 0 Å². The van der Waals surface area contributed by atoms with Crippen LogP contribution in [0.25, 0.3) is 17.0 Å². The van der Waals surface area contributed by atoms with Crippen LogP contribution in [0.2, 0.25) is 0 Å². The van der Waals surface area contributed by atoms with E-state index in [2.05, 4.69) is 36.2 Å². The Morgan fingerprint density at radius 3 is 2.71 bits per heavy atom. The van der Waals surface area contributed by atoms with E-state index in [0.717, 1.165) is 4.68 Å². The number of fused-ring (bicyclic) bond motifs is 5. The monoisotopic (exact) mass is 677 g/mol. The number of ether oxygens (including phenoxy) is 1. The van der Waals surface area contributed by atoms with Crippen molar-refractivity contribution in [2.24, 2.45) is 5.73 Å². The van der Waals surface area contributed by atoms with E-state index < -0.39 is 75.4 Å². The van der Waals surface area contributed by atoms with Crippen LogP contribution in [-0.4, -0.2) is 80.4 Å². The molecule has 3 aromatic rings. The van der Waals surface area contributed by atoms with Crippen LogP contribution in [-0.2, 0) is 24.9 Å². The number of nitrogens with one attached hydrogen (secondary N) is 4. The molecule has 0 saturated carbocycles. The van der Waals surface area contributed by atoms with E-state index in [9.17, 15) is 34.6 Å². The Hall–Kier alpha value is -4.64. The second-order valence-electron chi connectivity index (χ2n) is 9.63. The maximum absolute atomic E-state index is 12.2. The second kappa shape index (κ2) is 10.2. The molecule has 7 heterocycles. The number of aromatic amines is 1. The summed E-state index contributed by atoms with van der Waals surface area (Å²) in [6, 6.07) is 0. The first kappa shape index (κ1) is 29.1. The van der Waals surface area contributed by atoms with Crippen LogP contribution in [0.3, 0.4) is 0 Å². The number of nitrogens with zero attached hydrogens (tertiary/aromatic N) is 5. The van der Waals surface area contributed by atoms with Crippen LogP contribution in [0, 0.1) is 0 Å². The molecule has 7 rings (SSSR count). The van der Waals surface area contributed by atoms with Crippen molar-refractivity contribution in [3.05, 3.63) is 45.4 Å². The van der Waals surface area contributed by atoms with Crippen molar-refractivity contribution in [2.75, 3.05) is 24.0 Å². The van der Waals surface area contributed by atoms with Crippen LogP contribution in [0.15, 0.2) is 38.5 Å². The fourth-order valence-electron chi connectivity index (χ4n) is 4.73. The van der Waals surface area contributed by atoms with Gasteiger partial charge < -0.3 is 0 Å². The average Bonchev–Trinajstić information content (AvgIpc) is 3.72. The number of hydrogen-bond acceptors (Lipinski definition) is 22. The molecule has 45 heavy (non-hydrogen) atoms. The Labute approximate surface area is 249 Å². The maximum atomic E-state index is 12.2. The molecule has 14 N–H and O–H groups in total. The van der Waals surface area contributed by atoms with Gasteiger partial charge in [-0.25, -0.2) is 0 Å². The van der Waals surface area contributed by atoms with Crippen molar-refractivity contribution in [1.29, 1.82) is 0 Å². The topological polar surface area (TPSA) is 348 Å². The van der Waals surface area contributed by atoms with Crippen molar-refractivity contribution < 1.29 is 57.0 Å². The van der Waals surface area contributed by atoms with Gasteiger partial charge in [-0.05, 0) is 0 Å². The first-order valence-electron chi connectivity index (χ1n) is 12.6. The number of nitrogen functional groups attached to an aromatic ring is 1. The average molecular weight is 677 g/mol. The quantitative estimate of drug-likeness (QED) is 0.115. The summed E-state index contributed by atoms with van der Waals surface area (Å²) in [5, 5.41) is 38.4. The molecule has 26 heteroatoms. The van der Waals surface area contributed by atoms with E-state index in [1.807, 2.05) is 0 Å². The van der Waals surface area contributed by atoms with Gasteiger partial charge in [0.2, 0.25) is 0 Å². The number of anilines is 2. The van der Waals surface area contributed by atoms with Gasteiger partial charge in [0.05, 0.1) is 0 Å². The first-order chi connectivity index (χ1) is 21.3. The molecule has 4 aliphatic heterocycles. The first-order valence-corrected chi connectivity index (χ1v) is 16.1. The number of rotatable bonds is 2. The number of aliphatic hydroxyl groups is 1. The molecule has 4 aliphatic rings. The minimum atomic E-state index is -5.33. The summed E-state index contributed by atoms with van der Waals surface area (Å²) in [7, 11) is -10.6. The van der Waals surface area contributed by atoms with E-state index in [1.165, 1.54) is 4.90 Å². The van der Waals surface area contributed by atoms with Crippen LogP contribution in [0.1, 0.15) is 5.76 Å². The van der Waals surface area contributed by atoms with E-state index in [0.29, 0.717) is 17.8 Å². The predicted octanol–water partition coefficient (Wildman–Crippen LogP) is -3.84. The third kappa shape index (κ3) is 4.95. The van der Waals surface area contributed by atoms with Crippen molar-refractivity contribution in [3.63, 3.8) is 0 Å². The zero-order valence-electron chi connectivity index (χ0n) is 22.3.